The molecule has 5 heteroatoms. The Morgan fingerprint density at radius 2 is 1.91 bits per heavy atom. The van der Waals surface area contributed by atoms with E-state index in [1.807, 2.05) is 30.3 Å². The van der Waals surface area contributed by atoms with Crippen molar-refractivity contribution in [1.29, 1.82) is 0 Å². The molecule has 2 rings (SSSR count). The zero-order valence-corrected chi connectivity index (χ0v) is 15.8. The van der Waals surface area contributed by atoms with Gasteiger partial charge in [-0.25, -0.2) is 4.79 Å². The molecule has 122 valence electrons. The van der Waals surface area contributed by atoms with Crippen molar-refractivity contribution in [2.45, 2.75) is 32.8 Å². The summed E-state index contributed by atoms with van der Waals surface area (Å²) in [4.78, 5) is 14.7. The number of likely N-dealkylation sites (tertiary alicyclic amines) is 1. The van der Waals surface area contributed by atoms with Crippen LogP contribution >= 0.6 is 0 Å². The fourth-order valence-corrected chi connectivity index (χ4v) is 3.50. The monoisotopic (exact) mass is 321 g/mol. The minimum absolute atomic E-state index is 0.00761. The molecule has 0 bridgehead atoms. The summed E-state index contributed by atoms with van der Waals surface area (Å²) in [5.41, 5.74) is 0.634. The minimum atomic E-state index is -0.204. The zero-order chi connectivity index (χ0) is 15.9. The minimum Gasteiger partial charge on any atom is -0.458 e. The molecular weight excluding hydrogens is 294 g/mol. The number of piperidine rings is 1. The molecule has 1 aliphatic heterocycles. The number of carbonyl (C=O) groups excluding carboxylic acids is 1. The summed E-state index contributed by atoms with van der Waals surface area (Å²) in [6, 6.07) is 9.27. The molecule has 0 spiro atoms. The topological polar surface area (TPSA) is 38.8 Å². The van der Waals surface area contributed by atoms with E-state index in [0.717, 1.165) is 43.1 Å². The molecule has 1 saturated heterocycles. The molecule has 1 aliphatic rings. The molecule has 1 unspecified atom stereocenters. The van der Waals surface area contributed by atoms with Crippen molar-refractivity contribution in [3.8, 4) is 0 Å². The lowest BCUT2D eigenvalue weighted by Crippen LogP contribution is -2.41. The number of rotatable bonds is 6. The van der Waals surface area contributed by atoms with Crippen LogP contribution in [-0.4, -0.2) is 47.3 Å². The zero-order valence-electron chi connectivity index (χ0n) is 13.8. The molecule has 1 atom stereocenters. The third kappa shape index (κ3) is 4.66. The first kappa shape index (κ1) is 17.2. The number of benzene rings is 1. The van der Waals surface area contributed by atoms with Crippen molar-refractivity contribution in [3.05, 3.63) is 35.9 Å². The summed E-state index contributed by atoms with van der Waals surface area (Å²) in [5.74, 6) is 0.571. The molecule has 22 heavy (non-hydrogen) atoms. The van der Waals surface area contributed by atoms with Crippen LogP contribution in [0.5, 0.6) is 0 Å². The number of ether oxygens (including phenoxy) is 1. The van der Waals surface area contributed by atoms with Crippen LogP contribution in [-0.2, 0) is 9.16 Å². The van der Waals surface area contributed by atoms with E-state index < -0.39 is 0 Å². The highest BCUT2D eigenvalue weighted by Crippen LogP contribution is 2.28. The maximum Gasteiger partial charge on any atom is 0.338 e. The number of esters is 1. The standard InChI is InChI=1S/C17H27NO3Si/c1-13(2)16(14-8-10-18(11-9-14)12-20-22)21-17(19)15-6-4-3-5-7-15/h3-7,13-14,16H,8-12H2,1-2,22H3. The van der Waals surface area contributed by atoms with Gasteiger partial charge in [0.15, 0.2) is 0 Å². The van der Waals surface area contributed by atoms with Gasteiger partial charge in [0.25, 0.3) is 0 Å². The summed E-state index contributed by atoms with van der Waals surface area (Å²) in [6.07, 6.45) is 2.12. The van der Waals surface area contributed by atoms with Crippen LogP contribution < -0.4 is 0 Å². The number of nitrogens with zero attached hydrogens (tertiary/aromatic N) is 1. The molecular formula is C17H27NO3Si. The van der Waals surface area contributed by atoms with Crippen LogP contribution in [0.2, 0.25) is 0 Å². The number of carbonyl (C=O) groups is 1. The van der Waals surface area contributed by atoms with E-state index in [1.54, 1.807) is 0 Å². The lowest BCUT2D eigenvalue weighted by molar-refractivity contribution is -0.0212. The van der Waals surface area contributed by atoms with Gasteiger partial charge in [-0.15, -0.1) is 0 Å². The average Bonchev–Trinajstić information content (AvgIpc) is 2.54. The van der Waals surface area contributed by atoms with Crippen LogP contribution in [0, 0.1) is 11.8 Å². The quantitative estimate of drug-likeness (QED) is 0.592. The Morgan fingerprint density at radius 3 is 2.45 bits per heavy atom. The van der Waals surface area contributed by atoms with E-state index >= 15 is 0 Å². The number of hydrogen-bond donors (Lipinski definition) is 0. The van der Waals surface area contributed by atoms with E-state index in [0.29, 0.717) is 17.4 Å². The van der Waals surface area contributed by atoms with Gasteiger partial charge < -0.3 is 9.16 Å². The van der Waals surface area contributed by atoms with Crippen LogP contribution in [0.4, 0.5) is 0 Å². The number of hydrogen-bond acceptors (Lipinski definition) is 4. The Hall–Kier alpha value is -1.17. The Kier molecular flexibility index (Phi) is 6.61. The van der Waals surface area contributed by atoms with Gasteiger partial charge in [-0.2, -0.15) is 0 Å². The van der Waals surface area contributed by atoms with Gasteiger partial charge in [-0.1, -0.05) is 32.0 Å². The first-order chi connectivity index (χ1) is 10.6. The van der Waals surface area contributed by atoms with Gasteiger partial charge in [0, 0.05) is 13.1 Å². The molecule has 0 radical (unpaired) electrons. The first-order valence-corrected chi connectivity index (χ1v) is 8.90. The van der Waals surface area contributed by atoms with Gasteiger partial charge in [0.05, 0.1) is 12.3 Å². The second kappa shape index (κ2) is 8.46. The molecule has 0 N–H and O–H groups in total. The predicted octanol–water partition coefficient (Wildman–Crippen LogP) is 1.83. The van der Waals surface area contributed by atoms with Gasteiger partial charge in [-0.3, -0.25) is 4.90 Å². The highest BCUT2D eigenvalue weighted by molar-refractivity contribution is 5.97. The third-order valence-electron chi connectivity index (χ3n) is 4.32. The van der Waals surface area contributed by atoms with Gasteiger partial charge in [0.2, 0.25) is 0 Å². The van der Waals surface area contributed by atoms with Gasteiger partial charge >= 0.3 is 5.97 Å². The summed E-state index contributed by atoms with van der Waals surface area (Å²) < 4.78 is 11.2. The lowest BCUT2D eigenvalue weighted by atomic mass is 9.85. The summed E-state index contributed by atoms with van der Waals surface area (Å²) in [6.45, 7) is 7.07. The van der Waals surface area contributed by atoms with Crippen molar-refractivity contribution in [1.82, 2.24) is 4.90 Å². The molecule has 0 amide bonds. The molecule has 1 aromatic carbocycles. The van der Waals surface area contributed by atoms with Crippen LogP contribution in [0.1, 0.15) is 37.0 Å². The molecule has 1 aromatic rings. The van der Waals surface area contributed by atoms with Crippen LogP contribution in [0.25, 0.3) is 0 Å². The Balaban J connectivity index is 1.95. The highest BCUT2D eigenvalue weighted by Gasteiger charge is 2.31. The van der Waals surface area contributed by atoms with E-state index in [1.165, 1.54) is 0 Å². The molecule has 0 saturated carbocycles. The molecule has 4 nitrogen and oxygen atoms in total. The van der Waals surface area contributed by atoms with E-state index in [-0.39, 0.29) is 12.1 Å². The maximum atomic E-state index is 12.3. The van der Waals surface area contributed by atoms with Crippen molar-refractivity contribution in [3.63, 3.8) is 0 Å². The fraction of sp³-hybridized carbons (Fsp3) is 0.588. The predicted molar refractivity (Wildman–Crippen MR) is 90.7 cm³/mol. The third-order valence-corrected chi connectivity index (χ3v) is 4.58. The average molecular weight is 321 g/mol. The smallest absolute Gasteiger partial charge is 0.338 e. The first-order valence-electron chi connectivity index (χ1n) is 8.09. The summed E-state index contributed by atoms with van der Waals surface area (Å²) in [7, 11) is 0.784. The molecule has 1 fully saturated rings. The molecule has 0 aliphatic carbocycles. The second-order valence-electron chi connectivity index (χ2n) is 6.35. The normalized spacial score (nSPS) is 18.5. The van der Waals surface area contributed by atoms with Crippen molar-refractivity contribution in [2.24, 2.45) is 11.8 Å². The van der Waals surface area contributed by atoms with Crippen molar-refractivity contribution in [2.75, 3.05) is 19.8 Å². The Morgan fingerprint density at radius 1 is 1.27 bits per heavy atom. The van der Waals surface area contributed by atoms with Crippen molar-refractivity contribution < 1.29 is 14.0 Å². The van der Waals surface area contributed by atoms with Gasteiger partial charge in [0.1, 0.15) is 16.6 Å². The van der Waals surface area contributed by atoms with E-state index in [4.69, 9.17) is 9.16 Å². The van der Waals surface area contributed by atoms with Crippen LogP contribution in [0.3, 0.4) is 0 Å². The summed E-state index contributed by atoms with van der Waals surface area (Å²) in [5, 5.41) is 0. The van der Waals surface area contributed by atoms with E-state index in [9.17, 15) is 4.79 Å². The largest absolute Gasteiger partial charge is 0.458 e. The molecule has 1 heterocycles. The van der Waals surface area contributed by atoms with E-state index in [2.05, 4.69) is 18.7 Å². The lowest BCUT2D eigenvalue weighted by Gasteiger charge is -2.37. The second-order valence-corrected chi connectivity index (χ2v) is 6.93. The SMILES string of the molecule is CC(C)C(OC(=O)c1ccccc1)C1CCN(CO[SiH3])CC1. The van der Waals surface area contributed by atoms with Crippen molar-refractivity contribution >= 4 is 16.5 Å². The maximum absolute atomic E-state index is 12.3. The summed E-state index contributed by atoms with van der Waals surface area (Å²) >= 11 is 0. The fourth-order valence-electron chi connectivity index (χ4n) is 3.14. The molecule has 0 aromatic heterocycles. The van der Waals surface area contributed by atoms with Crippen LogP contribution in [0.15, 0.2) is 30.3 Å². The Labute approximate surface area is 136 Å². The highest BCUT2D eigenvalue weighted by atomic mass is 28.2. The Bertz CT molecular complexity index is 458. The van der Waals surface area contributed by atoms with Gasteiger partial charge in [-0.05, 0) is 36.8 Å².